The fourth-order valence-corrected chi connectivity index (χ4v) is 4.38. The van der Waals surface area contributed by atoms with Gasteiger partial charge in [0, 0.05) is 24.1 Å². The van der Waals surface area contributed by atoms with Crippen LogP contribution in [0.1, 0.15) is 12.0 Å². The topological polar surface area (TPSA) is 94.8 Å². The van der Waals surface area contributed by atoms with Crippen molar-refractivity contribution in [2.75, 3.05) is 7.11 Å². The maximum Gasteiger partial charge on any atom is 0.573 e. The lowest BCUT2D eigenvalue weighted by molar-refractivity contribution is -0.274. The lowest BCUT2D eigenvalue weighted by Crippen LogP contribution is -2.18. The predicted molar refractivity (Wildman–Crippen MR) is 100 cm³/mol. The van der Waals surface area contributed by atoms with Crippen LogP contribution in [0, 0.1) is 0 Å². The van der Waals surface area contributed by atoms with Crippen molar-refractivity contribution in [2.45, 2.75) is 24.1 Å². The average Bonchev–Trinajstić information content (AvgIpc) is 3.03. The van der Waals surface area contributed by atoms with Gasteiger partial charge in [-0.25, -0.2) is 12.4 Å². The molecule has 0 radical (unpaired) electrons. The van der Waals surface area contributed by atoms with Gasteiger partial charge in [0.2, 0.25) is 0 Å². The minimum atomic E-state index is -4.97. The normalized spacial score (nSPS) is 12.1. The Morgan fingerprint density at radius 3 is 2.50 bits per heavy atom. The molecular formula is C19H16F3NO6S. The number of aromatic nitrogens is 1. The molecule has 0 atom stereocenters. The third-order valence-electron chi connectivity index (χ3n) is 4.26. The maximum atomic E-state index is 13.2. The number of nitrogens with zero attached hydrogens (tertiary/aromatic N) is 1. The van der Waals surface area contributed by atoms with Crippen LogP contribution in [0.25, 0.3) is 10.9 Å². The largest absolute Gasteiger partial charge is 0.573 e. The summed E-state index contributed by atoms with van der Waals surface area (Å²) in [6.07, 6.45) is -3.88. The summed E-state index contributed by atoms with van der Waals surface area (Å²) in [5.41, 5.74) is 0.677. The number of rotatable bonds is 7. The molecule has 0 unspecified atom stereocenters. The molecule has 0 aliphatic carbocycles. The van der Waals surface area contributed by atoms with Crippen molar-refractivity contribution in [3.63, 3.8) is 0 Å². The third kappa shape index (κ3) is 4.51. The first-order valence-corrected chi connectivity index (χ1v) is 9.96. The molecule has 1 aromatic heterocycles. The Bertz CT molecular complexity index is 1200. The van der Waals surface area contributed by atoms with Crippen LogP contribution in [-0.2, 0) is 21.2 Å². The highest BCUT2D eigenvalue weighted by Gasteiger charge is 2.32. The number of hydrogen-bond acceptors (Lipinski definition) is 5. The van der Waals surface area contributed by atoms with Gasteiger partial charge in [-0.05, 0) is 42.3 Å². The number of benzene rings is 2. The minimum Gasteiger partial charge on any atom is -0.497 e. The number of fused-ring (bicyclic) bond motifs is 1. The van der Waals surface area contributed by atoms with Gasteiger partial charge in [-0.2, -0.15) is 0 Å². The van der Waals surface area contributed by atoms with E-state index in [2.05, 4.69) is 4.74 Å². The standard InChI is InChI=1S/C19H16F3NO6S/c1-28-13-6-7-17-16(10-13)12(5-8-18(24)25)11-23(17)30(26,27)15-4-2-3-14(9-15)29-19(20,21)22/h2-4,6-7,9-11H,5,8H2,1H3,(H,24,25). The molecule has 0 fully saturated rings. The molecule has 11 heteroatoms. The van der Waals surface area contributed by atoms with E-state index in [9.17, 15) is 26.4 Å². The molecule has 0 aliphatic heterocycles. The number of ether oxygens (including phenoxy) is 2. The molecule has 1 N–H and O–H groups in total. The van der Waals surface area contributed by atoms with Gasteiger partial charge in [0.15, 0.2) is 0 Å². The number of carbonyl (C=O) groups is 1. The lowest BCUT2D eigenvalue weighted by Gasteiger charge is -2.11. The van der Waals surface area contributed by atoms with Crippen molar-refractivity contribution >= 4 is 26.9 Å². The SMILES string of the molecule is COc1ccc2c(c1)c(CCC(=O)O)cn2S(=O)(=O)c1cccc(OC(F)(F)F)c1. The van der Waals surface area contributed by atoms with Crippen molar-refractivity contribution in [1.82, 2.24) is 3.97 Å². The third-order valence-corrected chi connectivity index (χ3v) is 5.93. The number of carboxylic acid groups (broad SMARTS) is 1. The van der Waals surface area contributed by atoms with Gasteiger partial charge >= 0.3 is 12.3 Å². The number of carboxylic acids is 1. The van der Waals surface area contributed by atoms with Crippen LogP contribution in [0.3, 0.4) is 0 Å². The molecule has 3 aromatic rings. The molecule has 0 spiro atoms. The van der Waals surface area contributed by atoms with E-state index >= 15 is 0 Å². The quantitative estimate of drug-likeness (QED) is 0.597. The van der Waals surface area contributed by atoms with Crippen LogP contribution in [0.15, 0.2) is 53.6 Å². The van der Waals surface area contributed by atoms with Gasteiger partial charge in [-0.1, -0.05) is 6.07 Å². The van der Waals surface area contributed by atoms with E-state index in [1.165, 1.54) is 25.4 Å². The predicted octanol–water partition coefficient (Wildman–Crippen LogP) is 3.80. The van der Waals surface area contributed by atoms with Crippen LogP contribution in [0.5, 0.6) is 11.5 Å². The molecule has 0 aliphatic rings. The highest BCUT2D eigenvalue weighted by atomic mass is 32.2. The molecular weight excluding hydrogens is 427 g/mol. The van der Waals surface area contributed by atoms with E-state index < -0.39 is 33.0 Å². The Morgan fingerprint density at radius 1 is 1.13 bits per heavy atom. The first-order valence-electron chi connectivity index (χ1n) is 8.52. The van der Waals surface area contributed by atoms with Crippen molar-refractivity contribution in [3.8, 4) is 11.5 Å². The molecule has 7 nitrogen and oxygen atoms in total. The molecule has 30 heavy (non-hydrogen) atoms. The smallest absolute Gasteiger partial charge is 0.497 e. The van der Waals surface area contributed by atoms with E-state index in [1.807, 2.05) is 0 Å². The van der Waals surface area contributed by atoms with Crippen molar-refractivity contribution < 1.29 is 41.0 Å². The van der Waals surface area contributed by atoms with E-state index in [0.717, 1.165) is 28.2 Å². The summed E-state index contributed by atoms with van der Waals surface area (Å²) in [6, 6.07) is 8.61. The van der Waals surface area contributed by atoms with Gasteiger partial charge in [0.05, 0.1) is 17.5 Å². The Hall–Kier alpha value is -3.21. The Kier molecular flexibility index (Phi) is 5.66. The van der Waals surface area contributed by atoms with E-state index in [-0.39, 0.29) is 18.4 Å². The molecule has 3 rings (SSSR count). The molecule has 0 bridgehead atoms. The zero-order chi connectivity index (χ0) is 22.1. The zero-order valence-corrected chi connectivity index (χ0v) is 16.3. The van der Waals surface area contributed by atoms with Gasteiger partial charge in [-0.3, -0.25) is 4.79 Å². The number of aliphatic carboxylic acids is 1. The number of hydrogen-bond donors (Lipinski definition) is 1. The summed E-state index contributed by atoms with van der Waals surface area (Å²) in [4.78, 5) is 10.5. The highest BCUT2D eigenvalue weighted by Crippen LogP contribution is 2.31. The van der Waals surface area contributed by atoms with Crippen LogP contribution < -0.4 is 9.47 Å². The number of methoxy groups -OCH3 is 1. The number of alkyl halides is 3. The Labute approximate surface area is 169 Å². The van der Waals surface area contributed by atoms with Gasteiger partial charge in [0.25, 0.3) is 10.0 Å². The summed E-state index contributed by atoms with van der Waals surface area (Å²) in [7, 11) is -2.87. The second kappa shape index (κ2) is 7.90. The number of aryl methyl sites for hydroxylation is 1. The summed E-state index contributed by atoms with van der Waals surface area (Å²) < 4.78 is 73.6. The summed E-state index contributed by atoms with van der Waals surface area (Å²) in [5, 5.41) is 9.42. The monoisotopic (exact) mass is 443 g/mol. The van der Waals surface area contributed by atoms with E-state index in [4.69, 9.17) is 9.84 Å². The number of halogens is 3. The summed E-state index contributed by atoms with van der Waals surface area (Å²) in [5.74, 6) is -1.29. The highest BCUT2D eigenvalue weighted by molar-refractivity contribution is 7.90. The van der Waals surface area contributed by atoms with Crippen LogP contribution in [0.4, 0.5) is 13.2 Å². The minimum absolute atomic E-state index is 0.0543. The van der Waals surface area contributed by atoms with Crippen LogP contribution >= 0.6 is 0 Å². The zero-order valence-electron chi connectivity index (χ0n) is 15.5. The fraction of sp³-hybridized carbons (Fsp3) is 0.211. The molecule has 0 amide bonds. The second-order valence-electron chi connectivity index (χ2n) is 6.25. The average molecular weight is 443 g/mol. The summed E-state index contributed by atoms with van der Waals surface area (Å²) in [6.45, 7) is 0. The van der Waals surface area contributed by atoms with E-state index in [1.54, 1.807) is 6.07 Å². The van der Waals surface area contributed by atoms with Crippen molar-refractivity contribution in [1.29, 1.82) is 0 Å². The first-order chi connectivity index (χ1) is 14.0. The molecule has 1 heterocycles. The first kappa shape index (κ1) is 21.5. The maximum absolute atomic E-state index is 13.2. The van der Waals surface area contributed by atoms with E-state index in [0.29, 0.717) is 16.7 Å². The van der Waals surface area contributed by atoms with Gasteiger partial charge in [0.1, 0.15) is 11.5 Å². The van der Waals surface area contributed by atoms with Gasteiger partial charge in [-0.15, -0.1) is 13.2 Å². The molecule has 0 saturated heterocycles. The molecule has 0 saturated carbocycles. The Morgan fingerprint density at radius 2 is 1.87 bits per heavy atom. The molecule has 160 valence electrons. The van der Waals surface area contributed by atoms with Crippen molar-refractivity contribution in [3.05, 3.63) is 54.2 Å². The fourth-order valence-electron chi connectivity index (χ4n) is 2.96. The van der Waals surface area contributed by atoms with Crippen LogP contribution in [0.2, 0.25) is 0 Å². The molecule has 2 aromatic carbocycles. The second-order valence-corrected chi connectivity index (χ2v) is 8.07. The van der Waals surface area contributed by atoms with Crippen molar-refractivity contribution in [2.24, 2.45) is 0 Å². The Balaban J connectivity index is 2.13. The summed E-state index contributed by atoms with van der Waals surface area (Å²) >= 11 is 0. The lowest BCUT2D eigenvalue weighted by atomic mass is 10.1. The van der Waals surface area contributed by atoms with Gasteiger partial charge < -0.3 is 14.6 Å². The van der Waals surface area contributed by atoms with Crippen LogP contribution in [-0.4, -0.2) is 36.9 Å².